The van der Waals surface area contributed by atoms with E-state index in [1.165, 1.54) is 31.2 Å². The van der Waals surface area contributed by atoms with Crippen molar-refractivity contribution >= 4 is 0 Å². The Balaban J connectivity index is 1.60. The largest absolute Gasteiger partial charge is 0.263 e. The molecule has 0 unspecified atom stereocenters. The van der Waals surface area contributed by atoms with E-state index in [1.807, 2.05) is 0 Å². The van der Waals surface area contributed by atoms with Crippen LogP contribution in [0.1, 0.15) is 48.8 Å². The summed E-state index contributed by atoms with van der Waals surface area (Å²) in [5.74, 6) is 2.67. The maximum absolute atomic E-state index is 4.64. The maximum Gasteiger partial charge on any atom is 0.153 e. The van der Waals surface area contributed by atoms with Gasteiger partial charge in [0.05, 0.1) is 0 Å². The normalized spacial score (nSPS) is 16.2. The molecule has 2 aromatic rings. The highest BCUT2D eigenvalue weighted by atomic mass is 15.2. The van der Waals surface area contributed by atoms with Crippen molar-refractivity contribution in [2.75, 3.05) is 0 Å². The summed E-state index contributed by atoms with van der Waals surface area (Å²) in [5, 5.41) is 7.47. The molecular weight excluding hydrogens is 222 g/mol. The van der Waals surface area contributed by atoms with Gasteiger partial charge in [0, 0.05) is 12.3 Å². The first-order valence-corrected chi connectivity index (χ1v) is 6.87. The lowest BCUT2D eigenvalue weighted by Gasteiger charge is -2.01. The molecule has 0 atom stereocenters. The van der Waals surface area contributed by atoms with Crippen LogP contribution in [0.15, 0.2) is 30.3 Å². The van der Waals surface area contributed by atoms with E-state index in [9.17, 15) is 0 Å². The molecule has 0 bridgehead atoms. The fraction of sp³-hybridized carbons (Fsp3) is 0.467. The highest BCUT2D eigenvalue weighted by Gasteiger charge is 2.20. The molecule has 3 heteroatoms. The fourth-order valence-corrected chi connectivity index (χ4v) is 2.70. The number of benzene rings is 1. The van der Waals surface area contributed by atoms with Gasteiger partial charge in [-0.15, -0.1) is 0 Å². The van der Waals surface area contributed by atoms with Crippen LogP contribution in [0.25, 0.3) is 0 Å². The van der Waals surface area contributed by atoms with E-state index < -0.39 is 0 Å². The summed E-state index contributed by atoms with van der Waals surface area (Å²) >= 11 is 0. The zero-order valence-electron chi connectivity index (χ0n) is 10.6. The Hall–Kier alpha value is -1.64. The second-order valence-corrected chi connectivity index (χ2v) is 5.11. The van der Waals surface area contributed by atoms with Crippen LogP contribution >= 0.6 is 0 Å². The second kappa shape index (κ2) is 5.34. The lowest BCUT2D eigenvalue weighted by atomic mass is 10.1. The van der Waals surface area contributed by atoms with Crippen molar-refractivity contribution < 1.29 is 0 Å². The van der Waals surface area contributed by atoms with Gasteiger partial charge in [-0.2, -0.15) is 5.10 Å². The lowest BCUT2D eigenvalue weighted by molar-refractivity contribution is 0.671. The van der Waals surface area contributed by atoms with Gasteiger partial charge in [-0.3, -0.25) is 5.10 Å². The number of aryl methyl sites for hydroxylation is 2. The molecule has 1 aliphatic carbocycles. The Morgan fingerprint density at radius 3 is 2.61 bits per heavy atom. The number of H-pyrrole nitrogens is 1. The van der Waals surface area contributed by atoms with Crippen LogP contribution < -0.4 is 0 Å². The van der Waals surface area contributed by atoms with Gasteiger partial charge in [-0.05, 0) is 24.8 Å². The van der Waals surface area contributed by atoms with Gasteiger partial charge in [0.15, 0.2) is 5.82 Å². The van der Waals surface area contributed by atoms with Gasteiger partial charge < -0.3 is 0 Å². The van der Waals surface area contributed by atoms with Gasteiger partial charge in [-0.25, -0.2) is 4.98 Å². The number of rotatable bonds is 4. The molecule has 0 spiro atoms. The summed E-state index contributed by atoms with van der Waals surface area (Å²) < 4.78 is 0. The molecule has 0 aliphatic heterocycles. The molecule has 3 nitrogen and oxygen atoms in total. The summed E-state index contributed by atoms with van der Waals surface area (Å²) in [6.45, 7) is 0. The number of hydrogen-bond acceptors (Lipinski definition) is 2. The van der Waals surface area contributed by atoms with Crippen molar-refractivity contribution in [3.05, 3.63) is 47.5 Å². The molecule has 0 saturated heterocycles. The molecule has 18 heavy (non-hydrogen) atoms. The molecule has 1 aliphatic rings. The number of hydrogen-bond donors (Lipinski definition) is 1. The topological polar surface area (TPSA) is 41.6 Å². The molecule has 3 rings (SSSR count). The van der Waals surface area contributed by atoms with E-state index >= 15 is 0 Å². The molecule has 1 fully saturated rings. The summed E-state index contributed by atoms with van der Waals surface area (Å²) in [6.07, 6.45) is 7.16. The van der Waals surface area contributed by atoms with Crippen LogP contribution in [0.4, 0.5) is 0 Å². The average molecular weight is 241 g/mol. The Kier molecular flexibility index (Phi) is 3.40. The zero-order valence-corrected chi connectivity index (χ0v) is 10.6. The predicted octanol–water partition coefficient (Wildman–Crippen LogP) is 3.25. The molecule has 1 aromatic carbocycles. The molecule has 1 saturated carbocycles. The predicted molar refractivity (Wildman–Crippen MR) is 71.4 cm³/mol. The third-order valence-electron chi connectivity index (χ3n) is 3.76. The van der Waals surface area contributed by atoms with Crippen LogP contribution in [-0.2, 0) is 12.8 Å². The number of nitrogens with one attached hydrogen (secondary N) is 1. The molecule has 1 aromatic heterocycles. The number of aromatic nitrogens is 3. The minimum atomic E-state index is 0.603. The highest BCUT2D eigenvalue weighted by molar-refractivity contribution is 5.15. The third-order valence-corrected chi connectivity index (χ3v) is 3.76. The summed E-state index contributed by atoms with van der Waals surface area (Å²) in [4.78, 5) is 4.64. The van der Waals surface area contributed by atoms with Crippen LogP contribution in [0, 0.1) is 0 Å². The molecule has 1 heterocycles. The maximum atomic E-state index is 4.64. The lowest BCUT2D eigenvalue weighted by Crippen LogP contribution is -1.96. The van der Waals surface area contributed by atoms with Crippen molar-refractivity contribution in [1.29, 1.82) is 0 Å². The first kappa shape index (κ1) is 11.5. The molecule has 1 N–H and O–H groups in total. The summed E-state index contributed by atoms with van der Waals surface area (Å²) in [6, 6.07) is 10.5. The summed E-state index contributed by atoms with van der Waals surface area (Å²) in [7, 11) is 0. The minimum absolute atomic E-state index is 0.603. The number of nitrogens with zero attached hydrogens (tertiary/aromatic N) is 2. The Labute approximate surface area is 108 Å². The Morgan fingerprint density at radius 1 is 1.06 bits per heavy atom. The van der Waals surface area contributed by atoms with E-state index in [1.54, 1.807) is 0 Å². The van der Waals surface area contributed by atoms with E-state index in [-0.39, 0.29) is 0 Å². The first-order valence-electron chi connectivity index (χ1n) is 6.87. The molecular formula is C15H19N3. The second-order valence-electron chi connectivity index (χ2n) is 5.11. The minimum Gasteiger partial charge on any atom is -0.263 e. The molecule has 94 valence electrons. The first-order chi connectivity index (χ1) is 8.92. The van der Waals surface area contributed by atoms with Crippen LogP contribution in [0.3, 0.4) is 0 Å². The van der Waals surface area contributed by atoms with Crippen molar-refractivity contribution in [3.8, 4) is 0 Å². The van der Waals surface area contributed by atoms with E-state index in [4.69, 9.17) is 0 Å². The van der Waals surface area contributed by atoms with Crippen LogP contribution in [-0.4, -0.2) is 15.2 Å². The van der Waals surface area contributed by atoms with Crippen molar-refractivity contribution in [3.63, 3.8) is 0 Å². The van der Waals surface area contributed by atoms with Crippen molar-refractivity contribution in [1.82, 2.24) is 15.2 Å². The monoisotopic (exact) mass is 241 g/mol. The molecule has 0 amide bonds. The highest BCUT2D eigenvalue weighted by Crippen LogP contribution is 2.31. The van der Waals surface area contributed by atoms with Gasteiger partial charge in [0.25, 0.3) is 0 Å². The number of aromatic amines is 1. The third kappa shape index (κ3) is 2.61. The van der Waals surface area contributed by atoms with Crippen LogP contribution in [0.5, 0.6) is 0 Å². The Morgan fingerprint density at radius 2 is 1.83 bits per heavy atom. The fourth-order valence-electron chi connectivity index (χ4n) is 2.70. The molecule has 0 radical (unpaired) electrons. The van der Waals surface area contributed by atoms with E-state index in [0.29, 0.717) is 5.92 Å². The van der Waals surface area contributed by atoms with Gasteiger partial charge in [-0.1, -0.05) is 43.2 Å². The van der Waals surface area contributed by atoms with Gasteiger partial charge in [0.2, 0.25) is 0 Å². The van der Waals surface area contributed by atoms with Crippen molar-refractivity contribution in [2.24, 2.45) is 0 Å². The van der Waals surface area contributed by atoms with Crippen LogP contribution in [0.2, 0.25) is 0 Å². The van der Waals surface area contributed by atoms with Crippen molar-refractivity contribution in [2.45, 2.75) is 44.4 Å². The SMILES string of the molecule is c1ccc(CCc2nc(C3CCCC3)n[nH]2)cc1. The zero-order chi connectivity index (χ0) is 12.2. The quantitative estimate of drug-likeness (QED) is 0.892. The standard InChI is InChI=1S/C15H19N3/c1-2-6-12(7-3-1)10-11-14-16-15(18-17-14)13-8-4-5-9-13/h1-3,6-7,13H,4-5,8-11H2,(H,16,17,18). The summed E-state index contributed by atoms with van der Waals surface area (Å²) in [5.41, 5.74) is 1.36. The van der Waals surface area contributed by atoms with Gasteiger partial charge >= 0.3 is 0 Å². The van der Waals surface area contributed by atoms with Gasteiger partial charge in [0.1, 0.15) is 5.82 Å². The average Bonchev–Trinajstić information content (AvgIpc) is 3.08. The van der Waals surface area contributed by atoms with E-state index in [0.717, 1.165) is 24.5 Å². The van der Waals surface area contributed by atoms with E-state index in [2.05, 4.69) is 45.5 Å². The smallest absolute Gasteiger partial charge is 0.153 e. The Bertz CT molecular complexity index is 483.